The van der Waals surface area contributed by atoms with Gasteiger partial charge in [0.25, 0.3) is 0 Å². The molecule has 0 bridgehead atoms. The van der Waals surface area contributed by atoms with Gasteiger partial charge >= 0.3 is 5.97 Å². The monoisotopic (exact) mass is 603 g/mol. The van der Waals surface area contributed by atoms with Crippen molar-refractivity contribution < 1.29 is 23.8 Å². The fourth-order valence-corrected chi connectivity index (χ4v) is 5.84. The van der Waals surface area contributed by atoms with Crippen LogP contribution < -0.4 is 4.90 Å². The largest absolute Gasteiger partial charge is 0.479 e. The molecule has 1 N–H and O–H groups in total. The van der Waals surface area contributed by atoms with Crippen molar-refractivity contribution in [2.75, 3.05) is 18.0 Å². The van der Waals surface area contributed by atoms with Crippen molar-refractivity contribution in [2.45, 2.75) is 93.0 Å². The van der Waals surface area contributed by atoms with Crippen molar-refractivity contribution >= 4 is 17.6 Å². The van der Waals surface area contributed by atoms with Crippen LogP contribution in [0.15, 0.2) is 48.5 Å². The van der Waals surface area contributed by atoms with Gasteiger partial charge in [0.15, 0.2) is 6.10 Å². The van der Waals surface area contributed by atoms with Gasteiger partial charge in [-0.05, 0) is 81.7 Å². The van der Waals surface area contributed by atoms with Gasteiger partial charge in [-0.2, -0.15) is 0 Å². The van der Waals surface area contributed by atoms with E-state index in [1.165, 1.54) is 19.1 Å². The van der Waals surface area contributed by atoms with E-state index in [1.807, 2.05) is 58.9 Å². The highest BCUT2D eigenvalue weighted by Crippen LogP contribution is 2.44. The first-order valence-corrected chi connectivity index (χ1v) is 15.3. The molecule has 7 nitrogen and oxygen atoms in total. The summed E-state index contributed by atoms with van der Waals surface area (Å²) < 4.78 is 19.6. The number of carbonyl (C=O) groups is 2. The Labute approximate surface area is 261 Å². The average molecular weight is 604 g/mol. The molecular weight excluding hydrogens is 557 g/mol. The Morgan fingerprint density at radius 3 is 1.98 bits per heavy atom. The quantitative estimate of drug-likeness (QED) is 0.271. The summed E-state index contributed by atoms with van der Waals surface area (Å²) in [6.07, 6.45) is 0.789. The maximum atomic E-state index is 13.4. The van der Waals surface area contributed by atoms with E-state index >= 15 is 0 Å². The second-order valence-electron chi connectivity index (χ2n) is 13.7. The van der Waals surface area contributed by atoms with E-state index in [9.17, 15) is 19.1 Å². The highest BCUT2D eigenvalue weighted by atomic mass is 19.1. The van der Waals surface area contributed by atoms with E-state index in [-0.39, 0.29) is 17.1 Å². The predicted molar refractivity (Wildman–Crippen MR) is 172 cm³/mol. The van der Waals surface area contributed by atoms with Gasteiger partial charge in [0.05, 0.1) is 11.3 Å². The number of aryl methyl sites for hydroxylation is 2. The molecule has 4 rings (SSSR count). The Morgan fingerprint density at radius 1 is 0.977 bits per heavy atom. The smallest absolute Gasteiger partial charge is 0.337 e. The Kier molecular flexibility index (Phi) is 9.83. The number of aliphatic carboxylic acids is 1. The Bertz CT molecular complexity index is 1480. The maximum absolute atomic E-state index is 13.4. The van der Waals surface area contributed by atoms with Crippen molar-refractivity contribution in [1.29, 1.82) is 0 Å². The number of carboxylic acid groups (broad SMARTS) is 1. The predicted octanol–water partition coefficient (Wildman–Crippen LogP) is 7.62. The molecule has 44 heavy (non-hydrogen) atoms. The zero-order valence-electron chi connectivity index (χ0n) is 27.3. The maximum Gasteiger partial charge on any atom is 0.337 e. The molecule has 0 saturated carbocycles. The molecule has 0 spiro atoms. The van der Waals surface area contributed by atoms with Gasteiger partial charge in [-0.15, -0.1) is 0 Å². The molecule has 0 aliphatic carbocycles. The summed E-state index contributed by atoms with van der Waals surface area (Å²) >= 11 is 0. The second-order valence-corrected chi connectivity index (χ2v) is 13.7. The van der Waals surface area contributed by atoms with Crippen LogP contribution in [0, 0.1) is 25.1 Å². The van der Waals surface area contributed by atoms with Crippen molar-refractivity contribution in [3.8, 4) is 11.1 Å². The van der Waals surface area contributed by atoms with Gasteiger partial charge in [0, 0.05) is 55.6 Å². The lowest BCUT2D eigenvalue weighted by Crippen LogP contribution is -2.39. The Balaban J connectivity index is 1.76. The first kappa shape index (κ1) is 33.1. The van der Waals surface area contributed by atoms with Gasteiger partial charge in [-0.1, -0.05) is 50.2 Å². The minimum Gasteiger partial charge on any atom is -0.479 e. The van der Waals surface area contributed by atoms with Crippen molar-refractivity contribution in [1.82, 2.24) is 9.88 Å². The molecule has 1 aliphatic heterocycles. The second kappa shape index (κ2) is 13.1. The first-order valence-electron chi connectivity index (χ1n) is 15.3. The SMILES string of the molecule is CC(=O)N(Cc1ccc(F)cc1)Cc1ccc(-c2c(C)nc(C)c(C(OC(C)(C)C)C(=O)O)c2N2CCC(C)(C)CC2)cc1. The van der Waals surface area contributed by atoms with Crippen molar-refractivity contribution in [3.63, 3.8) is 0 Å². The number of piperidine rings is 1. The molecule has 1 aliphatic rings. The first-order chi connectivity index (χ1) is 20.5. The summed E-state index contributed by atoms with van der Waals surface area (Å²) in [7, 11) is 0. The molecule has 1 unspecified atom stereocenters. The van der Waals surface area contributed by atoms with Gasteiger partial charge in [0.1, 0.15) is 5.82 Å². The third-order valence-electron chi connectivity index (χ3n) is 8.32. The van der Waals surface area contributed by atoms with Gasteiger partial charge in [-0.25, -0.2) is 9.18 Å². The topological polar surface area (TPSA) is 83.0 Å². The van der Waals surface area contributed by atoms with Crippen LogP contribution in [-0.2, 0) is 27.4 Å². The molecule has 236 valence electrons. The summed E-state index contributed by atoms with van der Waals surface area (Å²) in [5.41, 5.74) is 6.09. The number of ether oxygens (including phenoxy) is 1. The molecule has 0 radical (unpaired) electrons. The van der Waals surface area contributed by atoms with E-state index in [1.54, 1.807) is 17.0 Å². The molecule has 8 heteroatoms. The number of carboxylic acids is 1. The van der Waals surface area contributed by atoms with Crippen molar-refractivity contribution in [2.24, 2.45) is 5.41 Å². The number of benzene rings is 2. The summed E-state index contributed by atoms with van der Waals surface area (Å²) in [5, 5.41) is 10.4. The van der Waals surface area contributed by atoms with E-state index in [0.717, 1.165) is 59.6 Å². The van der Waals surface area contributed by atoms with Gasteiger partial charge in [-0.3, -0.25) is 9.78 Å². The number of amides is 1. The number of halogens is 1. The number of anilines is 1. The van der Waals surface area contributed by atoms with Crippen LogP contribution in [0.25, 0.3) is 11.1 Å². The molecule has 1 fully saturated rings. The Morgan fingerprint density at radius 2 is 1.50 bits per heavy atom. The third-order valence-corrected chi connectivity index (χ3v) is 8.32. The number of aromatic nitrogens is 1. The standard InChI is InChI=1S/C36H46FN3O4/c1-23-30(28-13-9-26(10-14-28)21-40(25(3)41)22-27-11-15-29(37)16-12-27)32(39-19-17-36(7,8)18-20-39)31(24(2)38-23)33(34(42)43)44-35(4,5)6/h9-16,33H,17-22H2,1-8H3,(H,42,43). The number of carbonyl (C=O) groups excluding carboxylic acids is 1. The van der Waals surface area contributed by atoms with Crippen LogP contribution >= 0.6 is 0 Å². The van der Waals surface area contributed by atoms with E-state index in [0.29, 0.717) is 24.3 Å². The Hall–Kier alpha value is -3.78. The number of hydrogen-bond donors (Lipinski definition) is 1. The van der Waals surface area contributed by atoms with Crippen LogP contribution in [0.3, 0.4) is 0 Å². The normalized spacial score (nSPS) is 15.6. The molecule has 3 aromatic rings. The van der Waals surface area contributed by atoms with Crippen LogP contribution in [-0.4, -0.2) is 45.6 Å². The molecule has 2 heterocycles. The molecule has 1 amide bonds. The number of pyridine rings is 1. The van der Waals surface area contributed by atoms with Crippen LogP contribution in [0.4, 0.5) is 10.1 Å². The molecule has 1 aromatic heterocycles. The number of rotatable bonds is 9. The van der Waals surface area contributed by atoms with Gasteiger partial charge < -0.3 is 19.6 Å². The summed E-state index contributed by atoms with van der Waals surface area (Å²) in [5.74, 6) is -1.43. The molecular formula is C36H46FN3O4. The fraction of sp³-hybridized carbons (Fsp3) is 0.472. The highest BCUT2D eigenvalue weighted by Gasteiger charge is 2.36. The zero-order valence-corrected chi connectivity index (χ0v) is 27.3. The molecule has 1 atom stereocenters. The van der Waals surface area contributed by atoms with Gasteiger partial charge in [0.2, 0.25) is 5.91 Å². The lowest BCUT2D eigenvalue weighted by molar-refractivity contribution is -0.160. The summed E-state index contributed by atoms with van der Waals surface area (Å²) in [6, 6.07) is 14.2. The van der Waals surface area contributed by atoms with Crippen molar-refractivity contribution in [3.05, 3.63) is 82.4 Å². The minimum absolute atomic E-state index is 0.0736. The zero-order chi connectivity index (χ0) is 32.4. The lowest BCUT2D eigenvalue weighted by Gasteiger charge is -2.41. The fourth-order valence-electron chi connectivity index (χ4n) is 5.84. The third kappa shape index (κ3) is 8.03. The lowest BCUT2D eigenvalue weighted by atomic mass is 9.81. The number of hydrogen-bond acceptors (Lipinski definition) is 5. The van der Waals surface area contributed by atoms with Crippen LogP contribution in [0.5, 0.6) is 0 Å². The molecule has 1 saturated heterocycles. The number of nitrogens with zero attached hydrogens (tertiary/aromatic N) is 3. The van der Waals surface area contributed by atoms with Crippen LogP contribution in [0.2, 0.25) is 0 Å². The molecule has 2 aromatic carbocycles. The summed E-state index contributed by atoms with van der Waals surface area (Å²) in [4.78, 5) is 34.1. The highest BCUT2D eigenvalue weighted by molar-refractivity contribution is 5.88. The minimum atomic E-state index is -1.18. The van der Waals surface area contributed by atoms with E-state index in [2.05, 4.69) is 18.7 Å². The van der Waals surface area contributed by atoms with E-state index in [4.69, 9.17) is 9.72 Å². The van der Waals surface area contributed by atoms with E-state index < -0.39 is 17.7 Å². The average Bonchev–Trinajstić information content (AvgIpc) is 2.92. The summed E-state index contributed by atoms with van der Waals surface area (Å²) in [6.45, 7) is 17.9. The van der Waals surface area contributed by atoms with Crippen LogP contribution in [0.1, 0.15) is 88.6 Å².